The van der Waals surface area contributed by atoms with Crippen LogP contribution in [0, 0.1) is 0 Å². The number of allylic oxidation sites excluding steroid dienone is 4. The molecule has 0 spiro atoms. The summed E-state index contributed by atoms with van der Waals surface area (Å²) in [5.74, 6) is 0. The maximum atomic E-state index is 2.46. The van der Waals surface area contributed by atoms with Gasteiger partial charge in [-0.25, -0.2) is 0 Å². The Morgan fingerprint density at radius 3 is 3.11 bits per heavy atom. The van der Waals surface area contributed by atoms with Gasteiger partial charge in [0, 0.05) is 0 Å². The van der Waals surface area contributed by atoms with Crippen LogP contribution in [0.2, 0.25) is 4.31 Å². The summed E-state index contributed by atoms with van der Waals surface area (Å²) in [6, 6.07) is 0. The van der Waals surface area contributed by atoms with Crippen LogP contribution in [-0.2, 0) is 19.8 Å². The third-order valence-electron chi connectivity index (χ3n) is 1.39. The average molecular weight is 302 g/mol. The van der Waals surface area contributed by atoms with Gasteiger partial charge in [0.1, 0.15) is 0 Å². The third kappa shape index (κ3) is 3.01. The van der Waals surface area contributed by atoms with E-state index in [-0.39, 0.29) is 0 Å². The Morgan fingerprint density at radius 2 is 2.22 bits per heavy atom. The van der Waals surface area contributed by atoms with Crippen molar-refractivity contribution >= 4 is 0 Å². The summed E-state index contributed by atoms with van der Waals surface area (Å²) in [7, 11) is 0. The molecule has 0 saturated heterocycles. The fourth-order valence-electron chi connectivity index (χ4n) is 0.867. The molecule has 0 saturated carbocycles. The molecule has 0 nitrogen and oxygen atoms in total. The van der Waals surface area contributed by atoms with Crippen LogP contribution in [0.25, 0.3) is 0 Å². The van der Waals surface area contributed by atoms with Gasteiger partial charge >= 0.3 is 67.7 Å². The molecule has 1 aliphatic carbocycles. The van der Waals surface area contributed by atoms with Crippen molar-refractivity contribution in [3.8, 4) is 0 Å². The molecule has 0 radical (unpaired) electrons. The van der Waals surface area contributed by atoms with Gasteiger partial charge in [-0.15, -0.1) is 0 Å². The zero-order valence-corrected chi connectivity index (χ0v) is 7.60. The molecule has 1 rings (SSSR count). The standard InChI is InChI=1S/C8H11.Pt/c1-2-4-6-8-7-5-3-1;/h1-5H,6-8H2;/b2-1-,5-3-;. The summed E-state index contributed by atoms with van der Waals surface area (Å²) in [6.07, 6.45) is 12.7. The molecule has 1 aliphatic rings. The van der Waals surface area contributed by atoms with Crippen LogP contribution in [-0.4, -0.2) is 0 Å². The van der Waals surface area contributed by atoms with Crippen LogP contribution in [0.15, 0.2) is 24.3 Å². The monoisotopic (exact) mass is 302 g/mol. The van der Waals surface area contributed by atoms with E-state index in [9.17, 15) is 0 Å². The molecule has 0 N–H and O–H groups in total. The van der Waals surface area contributed by atoms with E-state index < -0.39 is 0 Å². The second-order valence-electron chi connectivity index (χ2n) is 2.21. The molecule has 9 heavy (non-hydrogen) atoms. The van der Waals surface area contributed by atoms with E-state index in [1.54, 1.807) is 0 Å². The van der Waals surface area contributed by atoms with Crippen molar-refractivity contribution in [1.82, 2.24) is 0 Å². The number of hydrogen-bond acceptors (Lipinski definition) is 0. The Kier molecular flexibility index (Phi) is 3.28. The Labute approximate surface area is 67.9 Å². The molecule has 53 valence electrons. The third-order valence-corrected chi connectivity index (χ3v) is 2.48. The van der Waals surface area contributed by atoms with Crippen LogP contribution >= 0.6 is 0 Å². The van der Waals surface area contributed by atoms with Crippen molar-refractivity contribution < 1.29 is 19.8 Å². The van der Waals surface area contributed by atoms with E-state index in [0.717, 1.165) is 4.31 Å². The van der Waals surface area contributed by atoms with Gasteiger partial charge in [0.25, 0.3) is 0 Å². The van der Waals surface area contributed by atoms with E-state index >= 15 is 0 Å². The van der Waals surface area contributed by atoms with Gasteiger partial charge in [-0.3, -0.25) is 0 Å². The van der Waals surface area contributed by atoms with Crippen LogP contribution in [0.1, 0.15) is 19.3 Å². The molecule has 1 unspecified atom stereocenters. The summed E-state index contributed by atoms with van der Waals surface area (Å²) >= 11 is 2.46. The topological polar surface area (TPSA) is 0 Å². The molecule has 0 bridgehead atoms. The van der Waals surface area contributed by atoms with Crippen molar-refractivity contribution in [3.63, 3.8) is 0 Å². The van der Waals surface area contributed by atoms with Crippen molar-refractivity contribution in [3.05, 3.63) is 24.3 Å². The van der Waals surface area contributed by atoms with Crippen molar-refractivity contribution in [2.45, 2.75) is 23.6 Å². The first-order valence-corrected chi connectivity index (χ1v) is 4.64. The van der Waals surface area contributed by atoms with Gasteiger partial charge in [-0.2, -0.15) is 0 Å². The zero-order chi connectivity index (χ0) is 6.53. The first-order chi connectivity index (χ1) is 4.39. The van der Waals surface area contributed by atoms with E-state index in [1.165, 1.54) is 19.3 Å². The molecule has 0 aromatic heterocycles. The second kappa shape index (κ2) is 4.06. The molecule has 0 aliphatic heterocycles. The summed E-state index contributed by atoms with van der Waals surface area (Å²) in [5, 5.41) is 0. The van der Waals surface area contributed by atoms with Crippen molar-refractivity contribution in [2.24, 2.45) is 0 Å². The Morgan fingerprint density at radius 1 is 1.33 bits per heavy atom. The summed E-state index contributed by atoms with van der Waals surface area (Å²) in [5.41, 5.74) is 0. The number of rotatable bonds is 0. The van der Waals surface area contributed by atoms with Crippen LogP contribution in [0.4, 0.5) is 0 Å². The van der Waals surface area contributed by atoms with E-state index in [2.05, 4.69) is 44.1 Å². The van der Waals surface area contributed by atoms with E-state index in [0.29, 0.717) is 0 Å². The zero-order valence-electron chi connectivity index (χ0n) is 5.32. The van der Waals surface area contributed by atoms with Gasteiger partial charge < -0.3 is 0 Å². The van der Waals surface area contributed by atoms with Crippen molar-refractivity contribution in [1.29, 1.82) is 0 Å². The van der Waals surface area contributed by atoms with Gasteiger partial charge in [0.15, 0.2) is 0 Å². The number of hydrogen-bond donors (Lipinski definition) is 0. The first kappa shape index (κ1) is 7.28. The molecule has 0 aromatic rings. The fraction of sp³-hybridized carbons (Fsp3) is 0.500. The maximum absolute atomic E-state index is 2.46. The van der Waals surface area contributed by atoms with Gasteiger partial charge in [0.2, 0.25) is 0 Å². The van der Waals surface area contributed by atoms with Crippen molar-refractivity contribution in [2.75, 3.05) is 0 Å². The van der Waals surface area contributed by atoms with E-state index in [1.807, 2.05) is 0 Å². The Balaban J connectivity index is 2.44. The molecule has 0 heterocycles. The minimum absolute atomic E-state index is 0.759. The molecule has 1 atom stereocenters. The van der Waals surface area contributed by atoms with Crippen LogP contribution in [0.5, 0.6) is 0 Å². The molecular weight excluding hydrogens is 291 g/mol. The molecule has 0 amide bonds. The molecular formula is C8H11Pt. The molecule has 0 aromatic carbocycles. The fourth-order valence-corrected chi connectivity index (χ4v) is 1.58. The normalized spacial score (nSPS) is 34.7. The average Bonchev–Trinajstić information content (AvgIpc) is 1.79. The second-order valence-corrected chi connectivity index (χ2v) is 3.90. The predicted molar refractivity (Wildman–Crippen MR) is 35.9 cm³/mol. The van der Waals surface area contributed by atoms with Gasteiger partial charge in [-0.1, -0.05) is 0 Å². The summed E-state index contributed by atoms with van der Waals surface area (Å²) in [4.78, 5) is 0. The Bertz CT molecular complexity index is 125. The van der Waals surface area contributed by atoms with Crippen LogP contribution < -0.4 is 0 Å². The predicted octanol–water partition coefficient (Wildman–Crippen LogP) is 2.62. The summed E-state index contributed by atoms with van der Waals surface area (Å²) in [6.45, 7) is 0. The molecule has 1 heteroatoms. The van der Waals surface area contributed by atoms with E-state index in [4.69, 9.17) is 0 Å². The van der Waals surface area contributed by atoms with Gasteiger partial charge in [0.05, 0.1) is 0 Å². The SMILES string of the molecule is [Pt][CH]1/C=C\C=C/CCC1. The molecule has 0 fully saturated rings. The van der Waals surface area contributed by atoms with Gasteiger partial charge in [-0.05, 0) is 0 Å². The Hall–Kier alpha value is 0.168. The van der Waals surface area contributed by atoms with Crippen LogP contribution in [0.3, 0.4) is 0 Å². The summed E-state index contributed by atoms with van der Waals surface area (Å²) < 4.78 is 0.759. The minimum atomic E-state index is 0.759. The first-order valence-electron chi connectivity index (χ1n) is 3.33. The quantitative estimate of drug-likeness (QED) is 0.645.